The molecule has 8 heteroatoms. The van der Waals surface area contributed by atoms with Gasteiger partial charge < -0.3 is 24.1 Å². The Morgan fingerprint density at radius 2 is 1.36 bits per heavy atom. The van der Waals surface area contributed by atoms with Crippen LogP contribution >= 0.6 is 31.9 Å². The van der Waals surface area contributed by atoms with Gasteiger partial charge in [0.25, 0.3) is 0 Å². The lowest BCUT2D eigenvalue weighted by molar-refractivity contribution is 0.103. The number of ketones is 1. The van der Waals surface area contributed by atoms with Crippen LogP contribution in [-0.2, 0) is 0 Å². The number of rotatable bonds is 6. The monoisotopic (exact) mass is 474 g/mol. The maximum atomic E-state index is 13.0. The third-order valence-corrected chi connectivity index (χ3v) is 4.78. The summed E-state index contributed by atoms with van der Waals surface area (Å²) in [5.41, 5.74) is 0.351. The van der Waals surface area contributed by atoms with Crippen LogP contribution in [0, 0.1) is 0 Å². The smallest absolute Gasteiger partial charge is 0.205 e. The standard InChI is InChI=1S/C17H16Br2O6/c1-22-12-6-8(10(18)7-13(12)23-2)14(20)9-5-11(19)16(24-3)17(25-4)15(9)21/h5-7,21H,1-4H3. The number of phenols is 1. The highest BCUT2D eigenvalue weighted by atomic mass is 79.9. The van der Waals surface area contributed by atoms with Crippen LogP contribution in [0.4, 0.5) is 0 Å². The largest absolute Gasteiger partial charge is 0.504 e. The van der Waals surface area contributed by atoms with Crippen molar-refractivity contribution in [3.8, 4) is 28.7 Å². The molecule has 0 aliphatic carbocycles. The van der Waals surface area contributed by atoms with Crippen molar-refractivity contribution in [1.82, 2.24) is 0 Å². The lowest BCUT2D eigenvalue weighted by atomic mass is 10.0. The van der Waals surface area contributed by atoms with E-state index in [0.717, 1.165) is 0 Å². The van der Waals surface area contributed by atoms with Crippen molar-refractivity contribution in [2.24, 2.45) is 0 Å². The number of methoxy groups -OCH3 is 4. The number of hydrogen-bond donors (Lipinski definition) is 1. The highest BCUT2D eigenvalue weighted by Crippen LogP contribution is 2.45. The van der Waals surface area contributed by atoms with Crippen molar-refractivity contribution in [3.05, 3.63) is 38.3 Å². The molecule has 0 spiro atoms. The van der Waals surface area contributed by atoms with E-state index < -0.39 is 5.78 Å². The lowest BCUT2D eigenvalue weighted by Gasteiger charge is -2.15. The lowest BCUT2D eigenvalue weighted by Crippen LogP contribution is -2.06. The molecule has 0 aliphatic heterocycles. The molecule has 0 aliphatic rings. The molecule has 0 fully saturated rings. The van der Waals surface area contributed by atoms with Gasteiger partial charge in [-0.05, 0) is 50.1 Å². The Balaban J connectivity index is 2.64. The maximum Gasteiger partial charge on any atom is 0.205 e. The molecule has 2 aromatic rings. The topological polar surface area (TPSA) is 74.2 Å². The van der Waals surface area contributed by atoms with Gasteiger partial charge in [0.05, 0.1) is 38.5 Å². The second kappa shape index (κ2) is 7.97. The van der Waals surface area contributed by atoms with Gasteiger partial charge in [-0.1, -0.05) is 0 Å². The Bertz CT molecular complexity index is 820. The summed E-state index contributed by atoms with van der Waals surface area (Å²) < 4.78 is 21.8. The van der Waals surface area contributed by atoms with Gasteiger partial charge in [0.2, 0.25) is 5.75 Å². The molecule has 0 atom stereocenters. The van der Waals surface area contributed by atoms with Crippen molar-refractivity contribution in [1.29, 1.82) is 0 Å². The van der Waals surface area contributed by atoms with Crippen LogP contribution in [0.15, 0.2) is 27.1 Å². The molecule has 0 radical (unpaired) electrons. The predicted molar refractivity (Wildman–Crippen MR) is 99.6 cm³/mol. The number of carbonyl (C=O) groups excluding carboxylic acids is 1. The summed E-state index contributed by atoms with van der Waals surface area (Å²) >= 11 is 6.67. The first kappa shape index (κ1) is 19.4. The molecule has 1 N–H and O–H groups in total. The summed E-state index contributed by atoms with van der Waals surface area (Å²) in [6, 6.07) is 4.64. The van der Waals surface area contributed by atoms with Gasteiger partial charge >= 0.3 is 0 Å². The normalized spacial score (nSPS) is 10.3. The van der Waals surface area contributed by atoms with Gasteiger partial charge in [-0.3, -0.25) is 4.79 Å². The fourth-order valence-electron chi connectivity index (χ4n) is 2.32. The van der Waals surface area contributed by atoms with Crippen LogP contribution < -0.4 is 18.9 Å². The number of benzene rings is 2. The Morgan fingerprint density at radius 3 is 1.88 bits per heavy atom. The third-order valence-electron chi connectivity index (χ3n) is 3.54. The Kier molecular flexibility index (Phi) is 6.18. The average Bonchev–Trinajstić information content (AvgIpc) is 2.61. The molecule has 0 amide bonds. The number of halogens is 2. The minimum absolute atomic E-state index is 0.0532. The van der Waals surface area contributed by atoms with Crippen molar-refractivity contribution < 1.29 is 28.8 Å². The van der Waals surface area contributed by atoms with Crippen LogP contribution in [0.3, 0.4) is 0 Å². The van der Waals surface area contributed by atoms with Crippen molar-refractivity contribution in [2.75, 3.05) is 28.4 Å². The Hall–Kier alpha value is -1.93. The van der Waals surface area contributed by atoms with Crippen LogP contribution in [0.1, 0.15) is 15.9 Å². The molecule has 134 valence electrons. The Morgan fingerprint density at radius 1 is 0.800 bits per heavy atom. The number of carbonyl (C=O) groups is 1. The number of phenolic OH excluding ortho intramolecular Hbond substituents is 1. The van der Waals surface area contributed by atoms with Gasteiger partial charge in [0.1, 0.15) is 0 Å². The second-order valence-corrected chi connectivity index (χ2v) is 6.55. The van der Waals surface area contributed by atoms with E-state index >= 15 is 0 Å². The number of ether oxygens (including phenoxy) is 4. The van der Waals surface area contributed by atoms with E-state index in [0.29, 0.717) is 31.8 Å². The summed E-state index contributed by atoms with van der Waals surface area (Å²) in [7, 11) is 5.80. The highest BCUT2D eigenvalue weighted by Gasteiger charge is 2.25. The van der Waals surface area contributed by atoms with Crippen molar-refractivity contribution >= 4 is 37.6 Å². The first-order valence-electron chi connectivity index (χ1n) is 6.99. The molecular weight excluding hydrogens is 460 g/mol. The third kappa shape index (κ3) is 3.55. The van der Waals surface area contributed by atoms with E-state index in [1.165, 1.54) is 40.6 Å². The minimum atomic E-state index is -0.424. The average molecular weight is 476 g/mol. The number of hydrogen-bond acceptors (Lipinski definition) is 6. The summed E-state index contributed by atoms with van der Waals surface area (Å²) in [6.45, 7) is 0. The van der Waals surface area contributed by atoms with Crippen LogP contribution in [-0.4, -0.2) is 39.3 Å². The molecular formula is C17H16Br2O6. The van der Waals surface area contributed by atoms with Gasteiger partial charge in [-0.25, -0.2) is 0 Å². The van der Waals surface area contributed by atoms with Crippen LogP contribution in [0.2, 0.25) is 0 Å². The van der Waals surface area contributed by atoms with E-state index in [4.69, 9.17) is 18.9 Å². The number of aromatic hydroxyl groups is 1. The van der Waals surface area contributed by atoms with Crippen LogP contribution in [0.5, 0.6) is 28.7 Å². The fraction of sp³-hybridized carbons (Fsp3) is 0.235. The fourth-order valence-corrected chi connectivity index (χ4v) is 3.40. The molecule has 0 heterocycles. The Labute approximate surface area is 161 Å². The molecule has 0 unspecified atom stereocenters. The zero-order valence-electron chi connectivity index (χ0n) is 14.0. The van der Waals surface area contributed by atoms with E-state index in [2.05, 4.69) is 31.9 Å². The summed E-state index contributed by atoms with van der Waals surface area (Å²) in [5.74, 6) is 0.498. The maximum absolute atomic E-state index is 13.0. The van der Waals surface area contributed by atoms with Gasteiger partial charge in [0.15, 0.2) is 28.8 Å². The van der Waals surface area contributed by atoms with Crippen LogP contribution in [0.25, 0.3) is 0 Å². The zero-order chi connectivity index (χ0) is 18.7. The molecule has 2 aromatic carbocycles. The van der Waals surface area contributed by atoms with Gasteiger partial charge in [-0.2, -0.15) is 0 Å². The molecule has 0 bridgehead atoms. The van der Waals surface area contributed by atoms with E-state index in [9.17, 15) is 9.90 Å². The molecule has 0 saturated heterocycles. The second-order valence-electron chi connectivity index (χ2n) is 4.84. The van der Waals surface area contributed by atoms with E-state index in [1.807, 2.05) is 0 Å². The summed E-state index contributed by atoms with van der Waals surface area (Å²) in [6.07, 6.45) is 0. The quantitative estimate of drug-likeness (QED) is 0.631. The van der Waals surface area contributed by atoms with Crippen molar-refractivity contribution in [2.45, 2.75) is 0 Å². The predicted octanol–water partition coefficient (Wildman–Crippen LogP) is 4.18. The molecule has 0 aromatic heterocycles. The van der Waals surface area contributed by atoms with Gasteiger partial charge in [0, 0.05) is 10.0 Å². The molecule has 25 heavy (non-hydrogen) atoms. The van der Waals surface area contributed by atoms with E-state index in [1.54, 1.807) is 6.07 Å². The van der Waals surface area contributed by atoms with E-state index in [-0.39, 0.29) is 17.1 Å². The van der Waals surface area contributed by atoms with Crippen molar-refractivity contribution in [3.63, 3.8) is 0 Å². The molecule has 0 saturated carbocycles. The molecule has 2 rings (SSSR count). The zero-order valence-corrected chi connectivity index (χ0v) is 17.1. The highest BCUT2D eigenvalue weighted by molar-refractivity contribution is 9.10. The minimum Gasteiger partial charge on any atom is -0.504 e. The SMILES string of the molecule is COc1cc(Br)c(C(=O)c2cc(Br)c(OC)c(OC)c2O)cc1OC. The summed E-state index contributed by atoms with van der Waals surface area (Å²) in [4.78, 5) is 13.0. The first-order chi connectivity index (χ1) is 11.9. The molecule has 6 nitrogen and oxygen atoms in total. The summed E-state index contributed by atoms with van der Waals surface area (Å²) in [5, 5.41) is 10.5. The van der Waals surface area contributed by atoms with Gasteiger partial charge in [-0.15, -0.1) is 0 Å². The first-order valence-corrected chi connectivity index (χ1v) is 8.57.